The maximum Gasteiger partial charge on any atom is 0.249 e. The number of hydrogen-bond donors (Lipinski definition) is 2. The molecule has 30 heavy (non-hydrogen) atoms. The molecule has 0 bridgehead atoms. The molecular weight excluding hydrogens is 411 g/mol. The lowest BCUT2D eigenvalue weighted by molar-refractivity contribution is -0.125. The lowest BCUT2D eigenvalue weighted by Gasteiger charge is -2.38. The molecule has 8 nitrogen and oxygen atoms in total. The Morgan fingerprint density at radius 3 is 2.63 bits per heavy atom. The molecule has 0 radical (unpaired) electrons. The highest BCUT2D eigenvalue weighted by Crippen LogP contribution is 2.20. The highest BCUT2D eigenvalue weighted by molar-refractivity contribution is 6.31. The van der Waals surface area contributed by atoms with Gasteiger partial charge in [-0.15, -0.1) is 0 Å². The number of carbonyl (C=O) groups is 2. The van der Waals surface area contributed by atoms with Crippen LogP contribution in [0.15, 0.2) is 47.6 Å². The van der Waals surface area contributed by atoms with Gasteiger partial charge in [-0.1, -0.05) is 17.7 Å². The Labute approximate surface area is 177 Å². The SMILES string of the molecule is O=C1CC(C(=O)Nc2ccc(F)c(Cl)c2)N=C(N2CCN(c3ccccn3)CC2)N1. The summed E-state index contributed by atoms with van der Waals surface area (Å²) >= 11 is 5.75. The quantitative estimate of drug-likeness (QED) is 0.776. The maximum atomic E-state index is 13.3. The van der Waals surface area contributed by atoms with Crippen LogP contribution in [-0.2, 0) is 9.59 Å². The highest BCUT2D eigenvalue weighted by Gasteiger charge is 2.30. The summed E-state index contributed by atoms with van der Waals surface area (Å²) in [6, 6.07) is 8.79. The number of anilines is 2. The molecule has 10 heteroatoms. The number of nitrogens with one attached hydrogen (secondary N) is 2. The molecule has 2 aliphatic rings. The summed E-state index contributed by atoms with van der Waals surface area (Å²) in [6.45, 7) is 2.71. The van der Waals surface area contributed by atoms with Gasteiger partial charge in [-0.25, -0.2) is 14.4 Å². The standard InChI is InChI=1S/C20H20ClFN6O2/c21-14-11-13(4-5-15(14)22)24-19(30)16-12-18(29)26-20(25-16)28-9-7-27(8-10-28)17-3-1-2-6-23-17/h1-6,11,16H,7-10,12H2,(H,24,30)(H,25,26,29). The molecule has 4 rings (SSSR count). The molecule has 0 spiro atoms. The van der Waals surface area contributed by atoms with Gasteiger partial charge in [0.05, 0.1) is 11.4 Å². The molecule has 0 aliphatic carbocycles. The summed E-state index contributed by atoms with van der Waals surface area (Å²) in [6.07, 6.45) is 1.70. The van der Waals surface area contributed by atoms with Crippen molar-refractivity contribution in [1.29, 1.82) is 0 Å². The average molecular weight is 431 g/mol. The van der Waals surface area contributed by atoms with Crippen LogP contribution in [-0.4, -0.2) is 59.9 Å². The van der Waals surface area contributed by atoms with E-state index >= 15 is 0 Å². The summed E-state index contributed by atoms with van der Waals surface area (Å²) < 4.78 is 13.3. The molecular formula is C20H20ClFN6O2. The van der Waals surface area contributed by atoms with Crippen LogP contribution >= 0.6 is 11.6 Å². The van der Waals surface area contributed by atoms with E-state index in [-0.39, 0.29) is 17.4 Å². The highest BCUT2D eigenvalue weighted by atomic mass is 35.5. The van der Waals surface area contributed by atoms with Crippen molar-refractivity contribution in [2.75, 3.05) is 36.4 Å². The Hall–Kier alpha value is -3.20. The molecule has 1 aromatic carbocycles. The van der Waals surface area contributed by atoms with Gasteiger partial charge >= 0.3 is 0 Å². The molecule has 2 aromatic rings. The van der Waals surface area contributed by atoms with Crippen molar-refractivity contribution in [2.45, 2.75) is 12.5 Å². The Morgan fingerprint density at radius 1 is 1.17 bits per heavy atom. The van der Waals surface area contributed by atoms with Crippen molar-refractivity contribution >= 4 is 40.9 Å². The van der Waals surface area contributed by atoms with Crippen LogP contribution in [0, 0.1) is 5.82 Å². The van der Waals surface area contributed by atoms with Gasteiger partial charge < -0.3 is 15.1 Å². The zero-order chi connectivity index (χ0) is 21.1. The number of aromatic nitrogens is 1. The summed E-state index contributed by atoms with van der Waals surface area (Å²) in [5.74, 6) is 0.00430. The van der Waals surface area contributed by atoms with Crippen LogP contribution in [0.2, 0.25) is 5.02 Å². The van der Waals surface area contributed by atoms with E-state index in [0.29, 0.717) is 24.7 Å². The first kappa shape index (κ1) is 20.1. The Bertz CT molecular complexity index is 979. The maximum absolute atomic E-state index is 13.3. The van der Waals surface area contributed by atoms with Crippen LogP contribution in [0.4, 0.5) is 15.9 Å². The fourth-order valence-electron chi connectivity index (χ4n) is 3.38. The van der Waals surface area contributed by atoms with Gasteiger partial charge in [0, 0.05) is 38.1 Å². The van der Waals surface area contributed by atoms with Crippen molar-refractivity contribution in [3.05, 3.63) is 53.4 Å². The van der Waals surface area contributed by atoms with E-state index in [0.717, 1.165) is 18.9 Å². The summed E-state index contributed by atoms with van der Waals surface area (Å²) in [5.41, 5.74) is 0.345. The van der Waals surface area contributed by atoms with E-state index < -0.39 is 17.8 Å². The van der Waals surface area contributed by atoms with E-state index in [1.165, 1.54) is 18.2 Å². The summed E-state index contributed by atoms with van der Waals surface area (Å²) in [7, 11) is 0. The van der Waals surface area contributed by atoms with Gasteiger partial charge in [0.25, 0.3) is 0 Å². The Kier molecular flexibility index (Phi) is 5.80. The number of guanidine groups is 1. The van der Waals surface area contributed by atoms with Crippen LogP contribution in [0.25, 0.3) is 0 Å². The minimum absolute atomic E-state index is 0.0574. The molecule has 2 N–H and O–H groups in total. The second-order valence-corrected chi connectivity index (χ2v) is 7.41. The van der Waals surface area contributed by atoms with Gasteiger partial charge in [-0.2, -0.15) is 0 Å². The smallest absolute Gasteiger partial charge is 0.249 e. The van der Waals surface area contributed by atoms with Crippen molar-refractivity contribution in [2.24, 2.45) is 4.99 Å². The predicted molar refractivity (Wildman–Crippen MR) is 112 cm³/mol. The molecule has 3 heterocycles. The normalized spacial score (nSPS) is 19.2. The molecule has 2 aliphatic heterocycles. The number of benzene rings is 1. The first-order valence-corrected chi connectivity index (χ1v) is 9.92. The topological polar surface area (TPSA) is 89.9 Å². The molecule has 1 unspecified atom stereocenters. The van der Waals surface area contributed by atoms with Crippen LogP contribution < -0.4 is 15.5 Å². The molecule has 1 fully saturated rings. The predicted octanol–water partition coefficient (Wildman–Crippen LogP) is 1.88. The molecule has 1 atom stereocenters. The number of piperazine rings is 1. The third-order valence-electron chi connectivity index (χ3n) is 4.95. The van der Waals surface area contributed by atoms with Crippen molar-refractivity contribution in [1.82, 2.24) is 15.2 Å². The largest absolute Gasteiger partial charge is 0.353 e. The second kappa shape index (κ2) is 8.66. The minimum atomic E-state index is -0.869. The Morgan fingerprint density at radius 2 is 1.93 bits per heavy atom. The van der Waals surface area contributed by atoms with E-state index in [1.54, 1.807) is 6.20 Å². The van der Waals surface area contributed by atoms with E-state index in [4.69, 9.17) is 11.6 Å². The van der Waals surface area contributed by atoms with Crippen molar-refractivity contribution in [3.63, 3.8) is 0 Å². The van der Waals surface area contributed by atoms with Crippen LogP contribution in [0.3, 0.4) is 0 Å². The van der Waals surface area contributed by atoms with Gasteiger partial charge in [-0.3, -0.25) is 14.9 Å². The molecule has 1 saturated heterocycles. The van der Waals surface area contributed by atoms with E-state index in [9.17, 15) is 14.0 Å². The fraction of sp³-hybridized carbons (Fsp3) is 0.300. The monoisotopic (exact) mass is 430 g/mol. The van der Waals surface area contributed by atoms with Crippen molar-refractivity contribution < 1.29 is 14.0 Å². The van der Waals surface area contributed by atoms with E-state index in [1.807, 2.05) is 23.1 Å². The molecule has 156 valence electrons. The molecule has 1 aromatic heterocycles. The summed E-state index contributed by atoms with van der Waals surface area (Å²) in [5, 5.41) is 5.30. The minimum Gasteiger partial charge on any atom is -0.353 e. The zero-order valence-electron chi connectivity index (χ0n) is 16.0. The zero-order valence-corrected chi connectivity index (χ0v) is 16.8. The van der Waals surface area contributed by atoms with E-state index in [2.05, 4.69) is 25.5 Å². The number of carbonyl (C=O) groups excluding carboxylic acids is 2. The molecule has 0 saturated carbocycles. The fourth-order valence-corrected chi connectivity index (χ4v) is 3.56. The lowest BCUT2D eigenvalue weighted by atomic mass is 10.1. The first-order valence-electron chi connectivity index (χ1n) is 9.54. The average Bonchev–Trinajstić information content (AvgIpc) is 2.76. The Balaban J connectivity index is 1.41. The third-order valence-corrected chi connectivity index (χ3v) is 5.24. The lowest BCUT2D eigenvalue weighted by Crippen LogP contribution is -2.56. The second-order valence-electron chi connectivity index (χ2n) is 7.00. The van der Waals surface area contributed by atoms with Gasteiger partial charge in [0.2, 0.25) is 17.8 Å². The molecule has 2 amide bonds. The number of rotatable bonds is 3. The van der Waals surface area contributed by atoms with Crippen LogP contribution in [0.5, 0.6) is 0 Å². The number of halogens is 2. The summed E-state index contributed by atoms with van der Waals surface area (Å²) in [4.78, 5) is 37.7. The number of nitrogens with zero attached hydrogens (tertiary/aromatic N) is 4. The number of amides is 2. The number of pyridine rings is 1. The first-order chi connectivity index (χ1) is 14.5. The number of hydrogen-bond acceptors (Lipinski definition) is 6. The van der Waals surface area contributed by atoms with Gasteiger partial charge in [-0.05, 0) is 30.3 Å². The number of aliphatic imine (C=N–C) groups is 1. The third kappa shape index (κ3) is 4.51. The van der Waals surface area contributed by atoms with Gasteiger partial charge in [0.15, 0.2) is 0 Å². The van der Waals surface area contributed by atoms with Crippen LogP contribution in [0.1, 0.15) is 6.42 Å². The van der Waals surface area contributed by atoms with Gasteiger partial charge in [0.1, 0.15) is 17.7 Å². The van der Waals surface area contributed by atoms with Crippen molar-refractivity contribution in [3.8, 4) is 0 Å².